The van der Waals surface area contributed by atoms with Crippen LogP contribution in [0.2, 0.25) is 0 Å². The molecule has 1 aliphatic rings. The third-order valence-electron chi connectivity index (χ3n) is 4.59. The number of rotatable bonds is 7. The summed E-state index contributed by atoms with van der Waals surface area (Å²) in [6.07, 6.45) is 2.88. The van der Waals surface area contributed by atoms with Gasteiger partial charge in [0.2, 0.25) is 0 Å². The number of ether oxygens (including phenoxy) is 1. The van der Waals surface area contributed by atoms with E-state index in [1.54, 1.807) is 0 Å². The summed E-state index contributed by atoms with van der Waals surface area (Å²) >= 11 is 0. The molecule has 1 aromatic rings. The van der Waals surface area contributed by atoms with E-state index >= 15 is 0 Å². The van der Waals surface area contributed by atoms with Gasteiger partial charge in [0.05, 0.1) is 12.0 Å². The number of benzene rings is 1. The highest BCUT2D eigenvalue weighted by atomic mass is 32.2. The summed E-state index contributed by atoms with van der Waals surface area (Å²) < 4.78 is 66.6. The summed E-state index contributed by atoms with van der Waals surface area (Å²) in [6.45, 7) is 4.13. The second-order valence-electron chi connectivity index (χ2n) is 7.33. The number of hydrogen-bond acceptors (Lipinski definition) is 7. The number of sulfone groups is 1. The van der Waals surface area contributed by atoms with Crippen LogP contribution in [-0.2, 0) is 24.2 Å². The average molecular weight is 474 g/mol. The first-order valence-corrected chi connectivity index (χ1v) is 10.8. The smallest absolute Gasteiger partial charge is 0.467 e. The van der Waals surface area contributed by atoms with Crippen molar-refractivity contribution >= 4 is 33.7 Å². The van der Waals surface area contributed by atoms with Crippen molar-refractivity contribution in [2.75, 3.05) is 13.7 Å². The molecule has 0 aliphatic carbocycles. The Morgan fingerprint density at radius 3 is 2.47 bits per heavy atom. The normalized spacial score (nSPS) is 18.8. The van der Waals surface area contributed by atoms with Crippen molar-refractivity contribution in [2.24, 2.45) is 10.9 Å². The van der Waals surface area contributed by atoms with Gasteiger partial charge in [0.1, 0.15) is 12.0 Å². The molecule has 0 saturated heterocycles. The molecule has 0 bridgehead atoms. The van der Waals surface area contributed by atoms with E-state index in [-0.39, 0.29) is 29.0 Å². The number of aldehydes is 1. The van der Waals surface area contributed by atoms with Gasteiger partial charge in [-0.05, 0) is 29.7 Å². The molecular weight excluding hydrogens is 453 g/mol. The summed E-state index contributed by atoms with van der Waals surface area (Å²) in [5.74, 6) is -2.20. The van der Waals surface area contributed by atoms with E-state index in [2.05, 4.69) is 10.3 Å². The molecule has 32 heavy (non-hydrogen) atoms. The van der Waals surface area contributed by atoms with Gasteiger partial charge in [0, 0.05) is 18.0 Å². The monoisotopic (exact) mass is 474 g/mol. The molecule has 1 amide bonds. The highest BCUT2D eigenvalue weighted by molar-refractivity contribution is 7.92. The zero-order chi connectivity index (χ0) is 24.3. The molecule has 2 atom stereocenters. The summed E-state index contributed by atoms with van der Waals surface area (Å²) in [5, 5.41) is 2.64. The van der Waals surface area contributed by atoms with Gasteiger partial charge in [0.25, 0.3) is 15.7 Å². The second-order valence-corrected chi connectivity index (χ2v) is 9.27. The van der Waals surface area contributed by atoms with Gasteiger partial charge < -0.3 is 10.1 Å². The topological polar surface area (TPSA) is 119 Å². The van der Waals surface area contributed by atoms with E-state index in [1.165, 1.54) is 12.2 Å². The number of methoxy groups -OCH3 is 1. The third-order valence-corrected chi connectivity index (χ3v) is 6.07. The minimum absolute atomic E-state index is 0.0539. The molecule has 0 spiro atoms. The lowest BCUT2D eigenvalue weighted by Crippen LogP contribution is -2.38. The van der Waals surface area contributed by atoms with Gasteiger partial charge in [-0.1, -0.05) is 26.0 Å². The fourth-order valence-electron chi connectivity index (χ4n) is 2.95. The molecule has 174 valence electrons. The lowest BCUT2D eigenvalue weighted by molar-refractivity contribution is -0.142. The van der Waals surface area contributed by atoms with Crippen molar-refractivity contribution in [3.63, 3.8) is 0 Å². The van der Waals surface area contributed by atoms with Crippen LogP contribution in [0.3, 0.4) is 0 Å². The molecule has 8 nitrogen and oxygen atoms in total. The molecule has 1 aliphatic heterocycles. The van der Waals surface area contributed by atoms with Gasteiger partial charge in [-0.15, -0.1) is 0 Å². The van der Waals surface area contributed by atoms with Gasteiger partial charge in [-0.25, -0.2) is 13.2 Å². The lowest BCUT2D eigenvalue weighted by atomic mass is 9.86. The first-order chi connectivity index (χ1) is 14.8. The van der Waals surface area contributed by atoms with Crippen LogP contribution >= 0.6 is 0 Å². The van der Waals surface area contributed by atoms with Gasteiger partial charge in [0.15, 0.2) is 6.04 Å². The van der Waals surface area contributed by atoms with Crippen LogP contribution < -0.4 is 5.32 Å². The second kappa shape index (κ2) is 9.63. The van der Waals surface area contributed by atoms with Gasteiger partial charge >= 0.3 is 11.5 Å². The predicted octanol–water partition coefficient (Wildman–Crippen LogP) is 2.20. The summed E-state index contributed by atoms with van der Waals surface area (Å²) in [4.78, 5) is 39.2. The van der Waals surface area contributed by atoms with Gasteiger partial charge in [-0.2, -0.15) is 13.2 Å². The van der Waals surface area contributed by atoms with E-state index in [9.17, 15) is 36.0 Å². The minimum Gasteiger partial charge on any atom is -0.467 e. The Balaban J connectivity index is 2.48. The number of amides is 1. The SMILES string of the molecule is COC(=O)C1N=C(C(=O)NCC(C)C)C=CC1c1ccc(S(=O)(=O)C(F)(F)F)cc1C=O. The maximum atomic E-state index is 12.9. The number of nitrogens with one attached hydrogen (secondary N) is 1. The first-order valence-electron chi connectivity index (χ1n) is 9.36. The van der Waals surface area contributed by atoms with E-state index in [0.717, 1.165) is 13.2 Å². The molecule has 0 aromatic heterocycles. The summed E-state index contributed by atoms with van der Waals surface area (Å²) in [6, 6.07) is 0.977. The van der Waals surface area contributed by atoms with Crippen molar-refractivity contribution in [1.82, 2.24) is 5.32 Å². The number of carbonyl (C=O) groups is 3. The minimum atomic E-state index is -5.67. The first kappa shape index (κ1) is 25.2. The number of hydrogen-bond donors (Lipinski definition) is 1. The molecule has 1 N–H and O–H groups in total. The molecule has 0 radical (unpaired) electrons. The molecule has 1 heterocycles. The number of alkyl halides is 3. The van der Waals surface area contributed by atoms with E-state index in [4.69, 9.17) is 4.74 Å². The van der Waals surface area contributed by atoms with Crippen LogP contribution in [0.25, 0.3) is 0 Å². The van der Waals surface area contributed by atoms with E-state index in [1.807, 2.05) is 13.8 Å². The Labute approximate surface area is 182 Å². The molecular formula is C20H21F3N2O6S. The van der Waals surface area contributed by atoms with E-state index in [0.29, 0.717) is 18.7 Å². The lowest BCUT2D eigenvalue weighted by Gasteiger charge is -2.25. The molecule has 1 aromatic carbocycles. The Kier molecular flexibility index (Phi) is 7.60. The van der Waals surface area contributed by atoms with E-state index < -0.39 is 44.1 Å². The number of carbonyl (C=O) groups excluding carboxylic acids is 3. The maximum absolute atomic E-state index is 12.9. The largest absolute Gasteiger partial charge is 0.501 e. The molecule has 2 rings (SSSR count). The average Bonchev–Trinajstić information content (AvgIpc) is 2.75. The van der Waals surface area contributed by atoms with Crippen molar-refractivity contribution in [2.45, 2.75) is 36.2 Å². The van der Waals surface area contributed by atoms with Crippen LogP contribution in [0, 0.1) is 5.92 Å². The molecule has 2 unspecified atom stereocenters. The summed E-state index contributed by atoms with van der Waals surface area (Å²) in [5.41, 5.74) is -5.93. The van der Waals surface area contributed by atoms with Crippen LogP contribution in [0.5, 0.6) is 0 Å². The fourth-order valence-corrected chi connectivity index (χ4v) is 3.74. The highest BCUT2D eigenvalue weighted by Crippen LogP contribution is 2.34. The zero-order valence-electron chi connectivity index (χ0n) is 17.3. The van der Waals surface area contributed by atoms with Crippen LogP contribution in [0.4, 0.5) is 13.2 Å². The van der Waals surface area contributed by atoms with Crippen molar-refractivity contribution in [1.29, 1.82) is 0 Å². The predicted molar refractivity (Wildman–Crippen MR) is 108 cm³/mol. The third kappa shape index (κ3) is 5.23. The fraction of sp³-hybridized carbons (Fsp3) is 0.400. The van der Waals surface area contributed by atoms with Crippen molar-refractivity contribution in [3.8, 4) is 0 Å². The maximum Gasteiger partial charge on any atom is 0.501 e. The van der Waals surface area contributed by atoms with Gasteiger partial charge in [-0.3, -0.25) is 14.6 Å². The van der Waals surface area contributed by atoms with Crippen LogP contribution in [0.15, 0.2) is 40.2 Å². The number of halogens is 3. The van der Waals surface area contributed by atoms with Crippen molar-refractivity contribution in [3.05, 3.63) is 41.5 Å². The molecule has 12 heteroatoms. The van der Waals surface area contributed by atoms with Crippen LogP contribution in [0.1, 0.15) is 35.7 Å². The molecule has 0 fully saturated rings. The quantitative estimate of drug-likeness (QED) is 0.478. The summed E-state index contributed by atoms with van der Waals surface area (Å²) in [7, 11) is -4.58. The Morgan fingerprint density at radius 1 is 1.28 bits per heavy atom. The highest BCUT2D eigenvalue weighted by Gasteiger charge is 2.47. The number of dihydropyridines is 1. The zero-order valence-corrected chi connectivity index (χ0v) is 18.2. The number of esters is 1. The Hall–Kier alpha value is -3.02. The van der Waals surface area contributed by atoms with Crippen molar-refractivity contribution < 1.29 is 40.7 Å². The Morgan fingerprint density at radius 2 is 1.94 bits per heavy atom. The van der Waals surface area contributed by atoms with Crippen LogP contribution in [-0.4, -0.2) is 57.5 Å². The molecule has 0 saturated carbocycles. The Bertz CT molecular complexity index is 1080. The standard InChI is InChI=1S/C20H21F3N2O6S/c1-11(2)9-24-18(27)16-7-6-15(17(25-16)19(28)31-3)14-5-4-13(8-12(14)10-26)32(29,30)20(21,22)23/h4-8,10-11,15,17H,9H2,1-3H3,(H,24,27). The number of aliphatic imine (C=N–C) groups is 1. The number of nitrogens with zero attached hydrogens (tertiary/aromatic N) is 1.